The SMILES string of the molecule is CCSc1ccccc1C(=O)Nc1nc2ccc(S(N)(=O)=O)cc2s1. The van der Waals surface area contributed by atoms with Gasteiger partial charge in [0.05, 0.1) is 20.7 Å². The van der Waals surface area contributed by atoms with Crippen molar-refractivity contribution in [2.75, 3.05) is 11.1 Å². The van der Waals surface area contributed by atoms with E-state index in [1.807, 2.05) is 25.1 Å². The summed E-state index contributed by atoms with van der Waals surface area (Å²) in [5.74, 6) is 0.615. The highest BCUT2D eigenvalue weighted by atomic mass is 32.2. The van der Waals surface area contributed by atoms with Crippen LogP contribution in [-0.4, -0.2) is 25.1 Å². The number of carbonyl (C=O) groups excluding carboxylic acids is 1. The van der Waals surface area contributed by atoms with Gasteiger partial charge in [-0.15, -0.1) is 11.8 Å². The fourth-order valence-electron chi connectivity index (χ4n) is 2.24. The first-order valence-corrected chi connectivity index (χ1v) is 10.7. The molecule has 0 radical (unpaired) electrons. The quantitative estimate of drug-likeness (QED) is 0.648. The number of hydrogen-bond donors (Lipinski definition) is 2. The van der Waals surface area contributed by atoms with E-state index in [0.29, 0.717) is 20.9 Å². The van der Waals surface area contributed by atoms with Crippen LogP contribution in [0.5, 0.6) is 0 Å². The predicted octanol–water partition coefficient (Wildman–Crippen LogP) is 3.31. The minimum Gasteiger partial charge on any atom is -0.298 e. The van der Waals surface area contributed by atoms with Crippen molar-refractivity contribution in [1.82, 2.24) is 4.98 Å². The molecule has 0 spiro atoms. The number of nitrogens with zero attached hydrogens (tertiary/aromatic N) is 1. The maximum Gasteiger partial charge on any atom is 0.258 e. The van der Waals surface area contributed by atoms with E-state index in [1.54, 1.807) is 23.9 Å². The summed E-state index contributed by atoms with van der Waals surface area (Å²) in [6.45, 7) is 2.02. The van der Waals surface area contributed by atoms with Crippen molar-refractivity contribution >= 4 is 54.4 Å². The summed E-state index contributed by atoms with van der Waals surface area (Å²) in [5.41, 5.74) is 1.18. The van der Waals surface area contributed by atoms with Crippen molar-refractivity contribution in [2.45, 2.75) is 16.7 Å². The number of sulfonamides is 1. The van der Waals surface area contributed by atoms with Gasteiger partial charge in [0, 0.05) is 4.90 Å². The molecule has 1 heterocycles. The molecule has 25 heavy (non-hydrogen) atoms. The number of amides is 1. The third-order valence-electron chi connectivity index (χ3n) is 3.34. The van der Waals surface area contributed by atoms with E-state index in [9.17, 15) is 13.2 Å². The molecule has 0 unspecified atom stereocenters. The number of aromatic nitrogens is 1. The summed E-state index contributed by atoms with van der Waals surface area (Å²) in [5, 5.41) is 8.33. The van der Waals surface area contributed by atoms with Gasteiger partial charge in [-0.3, -0.25) is 10.1 Å². The number of nitrogens with two attached hydrogens (primary N) is 1. The highest BCUT2D eigenvalue weighted by Crippen LogP contribution is 2.29. The third-order valence-corrected chi connectivity index (χ3v) is 6.14. The molecule has 0 saturated heterocycles. The molecule has 9 heteroatoms. The van der Waals surface area contributed by atoms with E-state index in [0.717, 1.165) is 10.6 Å². The van der Waals surface area contributed by atoms with Gasteiger partial charge in [-0.2, -0.15) is 0 Å². The fraction of sp³-hybridized carbons (Fsp3) is 0.125. The number of thioether (sulfide) groups is 1. The third kappa shape index (κ3) is 4.01. The van der Waals surface area contributed by atoms with Crippen LogP contribution in [0.4, 0.5) is 5.13 Å². The molecule has 0 aliphatic rings. The van der Waals surface area contributed by atoms with Crippen LogP contribution >= 0.6 is 23.1 Å². The number of hydrogen-bond acceptors (Lipinski definition) is 6. The van der Waals surface area contributed by atoms with Crippen molar-refractivity contribution in [1.29, 1.82) is 0 Å². The Bertz CT molecular complexity index is 1040. The van der Waals surface area contributed by atoms with Gasteiger partial charge in [-0.25, -0.2) is 18.5 Å². The average Bonchev–Trinajstić information content (AvgIpc) is 2.96. The predicted molar refractivity (Wildman–Crippen MR) is 102 cm³/mol. The number of primary sulfonamides is 1. The molecule has 3 N–H and O–H groups in total. The summed E-state index contributed by atoms with van der Waals surface area (Å²) < 4.78 is 23.5. The van der Waals surface area contributed by atoms with Crippen LogP contribution in [-0.2, 0) is 10.0 Å². The minimum absolute atomic E-state index is 0.0196. The van der Waals surface area contributed by atoms with Crippen molar-refractivity contribution in [3.05, 3.63) is 48.0 Å². The molecule has 3 aromatic rings. The summed E-state index contributed by atoms with van der Waals surface area (Å²) in [7, 11) is -3.77. The van der Waals surface area contributed by atoms with Gasteiger partial charge >= 0.3 is 0 Å². The smallest absolute Gasteiger partial charge is 0.258 e. The van der Waals surface area contributed by atoms with Crippen LogP contribution in [0.2, 0.25) is 0 Å². The zero-order valence-corrected chi connectivity index (χ0v) is 15.7. The summed E-state index contributed by atoms with van der Waals surface area (Å²) in [6, 6.07) is 11.8. The zero-order valence-electron chi connectivity index (χ0n) is 13.2. The van der Waals surface area contributed by atoms with Gasteiger partial charge in [-0.1, -0.05) is 30.4 Å². The molecule has 0 bridgehead atoms. The fourth-order valence-corrected chi connectivity index (χ4v) is 4.55. The number of rotatable bonds is 5. The Morgan fingerprint density at radius 3 is 2.76 bits per heavy atom. The molecule has 1 aromatic heterocycles. The Hall–Kier alpha value is -1.94. The molecule has 0 fully saturated rings. The van der Waals surface area contributed by atoms with E-state index < -0.39 is 10.0 Å². The minimum atomic E-state index is -3.77. The summed E-state index contributed by atoms with van der Waals surface area (Å²) >= 11 is 2.79. The van der Waals surface area contributed by atoms with Crippen molar-refractivity contribution in [3.8, 4) is 0 Å². The first-order valence-electron chi connectivity index (χ1n) is 7.35. The van der Waals surface area contributed by atoms with Crippen LogP contribution < -0.4 is 10.5 Å². The second kappa shape index (κ2) is 7.12. The summed E-state index contributed by atoms with van der Waals surface area (Å²) in [6.07, 6.45) is 0. The summed E-state index contributed by atoms with van der Waals surface area (Å²) in [4.78, 5) is 17.8. The second-order valence-corrected chi connectivity index (χ2v) is 8.97. The van der Waals surface area contributed by atoms with Gasteiger partial charge < -0.3 is 0 Å². The Morgan fingerprint density at radius 2 is 2.04 bits per heavy atom. The number of thiazole rings is 1. The van der Waals surface area contributed by atoms with Gasteiger partial charge in [0.15, 0.2) is 5.13 Å². The molecular weight excluding hydrogens is 378 g/mol. The molecule has 0 aliphatic carbocycles. The molecule has 0 saturated carbocycles. The molecule has 0 atom stereocenters. The maximum atomic E-state index is 12.5. The topological polar surface area (TPSA) is 102 Å². The molecule has 6 nitrogen and oxygen atoms in total. The second-order valence-electron chi connectivity index (χ2n) is 5.08. The van der Waals surface area contributed by atoms with E-state index >= 15 is 0 Å². The van der Waals surface area contributed by atoms with Crippen LogP contribution in [0.25, 0.3) is 10.2 Å². The molecule has 2 aromatic carbocycles. The van der Waals surface area contributed by atoms with Crippen molar-refractivity contribution < 1.29 is 13.2 Å². The lowest BCUT2D eigenvalue weighted by Crippen LogP contribution is -2.12. The van der Waals surface area contributed by atoms with E-state index in [4.69, 9.17) is 5.14 Å². The van der Waals surface area contributed by atoms with E-state index in [2.05, 4.69) is 10.3 Å². The number of fused-ring (bicyclic) bond motifs is 1. The van der Waals surface area contributed by atoms with Gasteiger partial charge in [0.25, 0.3) is 5.91 Å². The molecule has 0 aliphatic heterocycles. The Labute approximate surface area is 153 Å². The molecule has 1 amide bonds. The number of benzene rings is 2. The highest BCUT2D eigenvalue weighted by Gasteiger charge is 2.15. The van der Waals surface area contributed by atoms with Crippen LogP contribution in [0.15, 0.2) is 52.3 Å². The monoisotopic (exact) mass is 393 g/mol. The lowest BCUT2D eigenvalue weighted by molar-refractivity contribution is 0.102. The first kappa shape index (κ1) is 17.9. The Kier molecular flexibility index (Phi) is 5.09. The standard InChI is InChI=1S/C16H15N3O3S3/c1-2-23-13-6-4-3-5-11(13)15(20)19-16-18-12-8-7-10(25(17,21)22)9-14(12)24-16/h3-9H,2H2,1H3,(H2,17,21,22)(H,18,19,20). The maximum absolute atomic E-state index is 12.5. The Morgan fingerprint density at radius 1 is 1.28 bits per heavy atom. The van der Waals surface area contributed by atoms with Crippen LogP contribution in [0.3, 0.4) is 0 Å². The van der Waals surface area contributed by atoms with Gasteiger partial charge in [-0.05, 0) is 36.1 Å². The van der Waals surface area contributed by atoms with E-state index in [-0.39, 0.29) is 10.8 Å². The van der Waals surface area contributed by atoms with Gasteiger partial charge in [0.1, 0.15) is 0 Å². The normalized spacial score (nSPS) is 11.6. The van der Waals surface area contributed by atoms with Crippen molar-refractivity contribution in [2.24, 2.45) is 5.14 Å². The highest BCUT2D eigenvalue weighted by molar-refractivity contribution is 7.99. The molecule has 130 valence electrons. The zero-order chi connectivity index (χ0) is 18.0. The van der Waals surface area contributed by atoms with Gasteiger partial charge in [0.2, 0.25) is 10.0 Å². The number of nitrogens with one attached hydrogen (secondary N) is 1. The number of carbonyl (C=O) groups is 1. The van der Waals surface area contributed by atoms with Crippen LogP contribution in [0, 0.1) is 0 Å². The average molecular weight is 394 g/mol. The lowest BCUT2D eigenvalue weighted by Gasteiger charge is -2.07. The van der Waals surface area contributed by atoms with Crippen LogP contribution in [0.1, 0.15) is 17.3 Å². The van der Waals surface area contributed by atoms with Crippen molar-refractivity contribution in [3.63, 3.8) is 0 Å². The lowest BCUT2D eigenvalue weighted by atomic mass is 10.2. The molecular formula is C16H15N3O3S3. The number of anilines is 1. The van der Waals surface area contributed by atoms with E-state index in [1.165, 1.54) is 23.5 Å². The Balaban J connectivity index is 1.89. The largest absolute Gasteiger partial charge is 0.298 e. The first-order chi connectivity index (χ1) is 11.9. The molecule has 3 rings (SSSR count).